The van der Waals surface area contributed by atoms with Crippen LogP contribution < -0.4 is 9.47 Å². The van der Waals surface area contributed by atoms with Crippen LogP contribution in [0.2, 0.25) is 0 Å². The molecule has 3 rings (SSSR count). The SMILES string of the molecule is COc1ccc(OCC2(COCc3ccccc3)C/C(=C\CC(CC(C)C)CC(C)C)CO2)cc1. The third-order valence-corrected chi connectivity index (χ3v) is 6.50. The van der Waals surface area contributed by atoms with Crippen molar-refractivity contribution in [2.24, 2.45) is 17.8 Å². The van der Waals surface area contributed by atoms with Gasteiger partial charge in [0.25, 0.3) is 0 Å². The summed E-state index contributed by atoms with van der Waals surface area (Å²) in [6.45, 7) is 11.5. The van der Waals surface area contributed by atoms with Gasteiger partial charge in [0, 0.05) is 6.42 Å². The third-order valence-electron chi connectivity index (χ3n) is 6.50. The molecular weight excluding hydrogens is 436 g/mol. The highest BCUT2D eigenvalue weighted by Gasteiger charge is 2.39. The van der Waals surface area contributed by atoms with E-state index in [1.807, 2.05) is 42.5 Å². The quantitative estimate of drug-likeness (QED) is 0.263. The highest BCUT2D eigenvalue weighted by Crippen LogP contribution is 2.33. The zero-order valence-electron chi connectivity index (χ0n) is 22.3. The Morgan fingerprint density at radius 1 is 0.886 bits per heavy atom. The highest BCUT2D eigenvalue weighted by atomic mass is 16.6. The molecule has 0 spiro atoms. The maximum absolute atomic E-state index is 6.41. The van der Waals surface area contributed by atoms with Crippen LogP contribution >= 0.6 is 0 Å². The highest BCUT2D eigenvalue weighted by molar-refractivity contribution is 5.31. The Labute approximate surface area is 212 Å². The molecule has 1 heterocycles. The molecule has 0 bridgehead atoms. The Morgan fingerprint density at radius 3 is 2.17 bits per heavy atom. The molecular formula is C31H44O4. The predicted octanol–water partition coefficient (Wildman–Crippen LogP) is 7.47. The van der Waals surface area contributed by atoms with Crippen molar-refractivity contribution >= 4 is 0 Å². The van der Waals surface area contributed by atoms with E-state index < -0.39 is 5.60 Å². The first-order valence-corrected chi connectivity index (χ1v) is 13.1. The van der Waals surface area contributed by atoms with Crippen molar-refractivity contribution in [1.82, 2.24) is 0 Å². The van der Waals surface area contributed by atoms with E-state index in [1.54, 1.807) is 7.11 Å². The molecule has 1 atom stereocenters. The van der Waals surface area contributed by atoms with Gasteiger partial charge in [0.2, 0.25) is 0 Å². The summed E-state index contributed by atoms with van der Waals surface area (Å²) in [5, 5.41) is 0. The van der Waals surface area contributed by atoms with Gasteiger partial charge in [-0.1, -0.05) is 64.1 Å². The summed E-state index contributed by atoms with van der Waals surface area (Å²) in [6, 6.07) is 18.0. The van der Waals surface area contributed by atoms with E-state index in [1.165, 1.54) is 18.4 Å². The summed E-state index contributed by atoms with van der Waals surface area (Å²) in [7, 11) is 1.67. The van der Waals surface area contributed by atoms with E-state index >= 15 is 0 Å². The lowest BCUT2D eigenvalue weighted by Gasteiger charge is -2.28. The summed E-state index contributed by atoms with van der Waals surface area (Å²) in [5.41, 5.74) is 2.05. The van der Waals surface area contributed by atoms with Crippen molar-refractivity contribution in [2.45, 2.75) is 65.6 Å². The minimum Gasteiger partial charge on any atom is -0.497 e. The zero-order chi connectivity index (χ0) is 25.1. The molecule has 2 aromatic carbocycles. The summed E-state index contributed by atoms with van der Waals surface area (Å²) >= 11 is 0. The Morgan fingerprint density at radius 2 is 1.54 bits per heavy atom. The van der Waals surface area contributed by atoms with E-state index in [-0.39, 0.29) is 0 Å². The first-order chi connectivity index (χ1) is 16.9. The maximum Gasteiger partial charge on any atom is 0.129 e. The normalized spacial score (nSPS) is 19.3. The van der Waals surface area contributed by atoms with Crippen LogP contribution in [0.15, 0.2) is 66.2 Å². The number of allylic oxidation sites excluding steroid dienone is 1. The van der Waals surface area contributed by atoms with Gasteiger partial charge in [-0.05, 0) is 72.4 Å². The van der Waals surface area contributed by atoms with E-state index in [0.717, 1.165) is 47.7 Å². The maximum atomic E-state index is 6.41. The van der Waals surface area contributed by atoms with Gasteiger partial charge < -0.3 is 18.9 Å². The number of hydrogen-bond donors (Lipinski definition) is 0. The average molecular weight is 481 g/mol. The predicted molar refractivity (Wildman–Crippen MR) is 143 cm³/mol. The summed E-state index contributed by atoms with van der Waals surface area (Å²) < 4.78 is 24.0. The first kappa shape index (κ1) is 27.3. The molecule has 4 nitrogen and oxygen atoms in total. The molecule has 192 valence electrons. The molecule has 0 saturated carbocycles. The molecule has 1 saturated heterocycles. The number of hydrogen-bond acceptors (Lipinski definition) is 4. The molecule has 1 fully saturated rings. The first-order valence-electron chi connectivity index (χ1n) is 13.1. The molecule has 0 N–H and O–H groups in total. The van der Waals surface area contributed by atoms with Crippen molar-refractivity contribution in [3.8, 4) is 11.5 Å². The van der Waals surface area contributed by atoms with Gasteiger partial charge in [-0.25, -0.2) is 0 Å². The lowest BCUT2D eigenvalue weighted by molar-refractivity contribution is -0.0894. The van der Waals surface area contributed by atoms with Crippen LogP contribution in [0, 0.1) is 17.8 Å². The Bertz CT molecular complexity index is 878. The van der Waals surface area contributed by atoms with Gasteiger partial charge >= 0.3 is 0 Å². The summed E-state index contributed by atoms with van der Waals surface area (Å²) in [5.74, 6) is 3.80. The van der Waals surface area contributed by atoms with Crippen LogP contribution in [0.5, 0.6) is 11.5 Å². The van der Waals surface area contributed by atoms with E-state index in [4.69, 9.17) is 18.9 Å². The van der Waals surface area contributed by atoms with Gasteiger partial charge in [-0.15, -0.1) is 0 Å². The summed E-state index contributed by atoms with van der Waals surface area (Å²) in [4.78, 5) is 0. The molecule has 0 aliphatic carbocycles. The van der Waals surface area contributed by atoms with Crippen LogP contribution in [-0.4, -0.2) is 32.5 Å². The Balaban J connectivity index is 1.65. The monoisotopic (exact) mass is 480 g/mol. The topological polar surface area (TPSA) is 36.9 Å². The smallest absolute Gasteiger partial charge is 0.129 e. The van der Waals surface area contributed by atoms with Crippen LogP contribution in [0.1, 0.15) is 58.9 Å². The van der Waals surface area contributed by atoms with E-state index in [9.17, 15) is 0 Å². The molecule has 1 unspecified atom stereocenters. The van der Waals surface area contributed by atoms with Gasteiger partial charge in [-0.3, -0.25) is 0 Å². The molecule has 1 aliphatic rings. The van der Waals surface area contributed by atoms with E-state index in [2.05, 4.69) is 45.9 Å². The second kappa shape index (κ2) is 13.7. The largest absolute Gasteiger partial charge is 0.497 e. The van der Waals surface area contributed by atoms with Crippen molar-refractivity contribution < 1.29 is 18.9 Å². The van der Waals surface area contributed by atoms with Crippen LogP contribution in [0.25, 0.3) is 0 Å². The molecule has 4 heteroatoms. The van der Waals surface area contributed by atoms with Crippen LogP contribution in [0.4, 0.5) is 0 Å². The minimum absolute atomic E-state index is 0.451. The lowest BCUT2D eigenvalue weighted by atomic mass is 9.86. The van der Waals surface area contributed by atoms with Gasteiger partial charge in [0.1, 0.15) is 23.7 Å². The number of rotatable bonds is 14. The third kappa shape index (κ3) is 9.35. The Kier molecular flexibility index (Phi) is 10.7. The number of benzene rings is 2. The minimum atomic E-state index is -0.480. The second-order valence-corrected chi connectivity index (χ2v) is 10.8. The Hall–Kier alpha value is -2.30. The molecule has 2 aromatic rings. The van der Waals surface area contributed by atoms with Gasteiger partial charge in [0.15, 0.2) is 0 Å². The average Bonchev–Trinajstić information content (AvgIpc) is 3.25. The van der Waals surface area contributed by atoms with Crippen molar-refractivity contribution in [1.29, 1.82) is 0 Å². The number of ether oxygens (including phenoxy) is 4. The van der Waals surface area contributed by atoms with Crippen LogP contribution in [-0.2, 0) is 16.1 Å². The molecule has 0 amide bonds. The molecule has 1 aliphatic heterocycles. The summed E-state index contributed by atoms with van der Waals surface area (Å²) in [6.07, 6.45) is 6.94. The van der Waals surface area contributed by atoms with Gasteiger partial charge in [0.05, 0.1) is 26.9 Å². The molecule has 35 heavy (non-hydrogen) atoms. The fourth-order valence-electron chi connectivity index (χ4n) is 4.89. The van der Waals surface area contributed by atoms with Crippen molar-refractivity contribution in [2.75, 3.05) is 26.9 Å². The molecule has 0 radical (unpaired) electrons. The van der Waals surface area contributed by atoms with Gasteiger partial charge in [-0.2, -0.15) is 0 Å². The standard InChI is InChI=1S/C31H44O4/c1-24(2)17-27(18-25(3)4)11-12-28-19-31(35-21-28,22-33-20-26-9-7-6-8-10-26)23-34-30-15-13-29(32-5)14-16-30/h6-10,12-16,24-25,27H,11,17-23H2,1-5H3/b28-12+. The van der Waals surface area contributed by atoms with Crippen LogP contribution in [0.3, 0.4) is 0 Å². The second-order valence-electron chi connectivity index (χ2n) is 10.8. The van der Waals surface area contributed by atoms with Crippen molar-refractivity contribution in [3.05, 3.63) is 71.8 Å². The van der Waals surface area contributed by atoms with E-state index in [0.29, 0.717) is 26.4 Å². The lowest BCUT2D eigenvalue weighted by Crippen LogP contribution is -2.40. The van der Waals surface area contributed by atoms with Crippen molar-refractivity contribution in [3.63, 3.8) is 0 Å². The fourth-order valence-corrected chi connectivity index (χ4v) is 4.89. The fraction of sp³-hybridized carbons (Fsp3) is 0.548. The zero-order valence-corrected chi connectivity index (χ0v) is 22.3. The number of methoxy groups -OCH3 is 1. The molecule has 0 aromatic heterocycles.